The van der Waals surface area contributed by atoms with Crippen LogP contribution in [0.2, 0.25) is 0 Å². The first kappa shape index (κ1) is 6.96. The van der Waals surface area contributed by atoms with Gasteiger partial charge in [-0.15, -0.1) is 0 Å². The first-order valence-corrected chi connectivity index (χ1v) is 3.29. The first-order valence-electron chi connectivity index (χ1n) is 3.29. The second-order valence-electron chi connectivity index (χ2n) is 2.99. The van der Waals surface area contributed by atoms with Gasteiger partial charge in [-0.3, -0.25) is 5.84 Å². The molecule has 9 heavy (non-hydrogen) atoms. The zero-order valence-electron chi connectivity index (χ0n) is 5.73. The molecule has 0 aromatic heterocycles. The maximum Gasteiger partial charge on any atom is 0.122 e. The fourth-order valence-corrected chi connectivity index (χ4v) is 1.23. The molecule has 0 saturated carbocycles. The lowest BCUT2D eigenvalue weighted by atomic mass is 9.98. The lowest BCUT2D eigenvalue weighted by Crippen LogP contribution is -2.46. The maximum absolute atomic E-state index is 13.0. The molecule has 1 rings (SSSR count). The molecule has 1 aliphatic heterocycles. The molecule has 3 heteroatoms. The third-order valence-corrected chi connectivity index (χ3v) is 1.68. The van der Waals surface area contributed by atoms with Crippen molar-refractivity contribution in [3.63, 3.8) is 0 Å². The summed E-state index contributed by atoms with van der Waals surface area (Å²) in [6, 6.07) is 0. The smallest absolute Gasteiger partial charge is 0.122 e. The molecular formula is C6H13FN2. The van der Waals surface area contributed by atoms with Gasteiger partial charge in [0, 0.05) is 13.1 Å². The Morgan fingerprint density at radius 1 is 1.67 bits per heavy atom. The number of hydrogen-bond donors (Lipinski definition) is 1. The van der Waals surface area contributed by atoms with Gasteiger partial charge < -0.3 is 0 Å². The van der Waals surface area contributed by atoms with E-state index >= 15 is 0 Å². The average Bonchev–Trinajstić information content (AvgIpc) is 1.60. The zero-order chi connectivity index (χ0) is 6.91. The third kappa shape index (κ3) is 1.91. The van der Waals surface area contributed by atoms with Gasteiger partial charge in [0.1, 0.15) is 5.67 Å². The molecule has 0 spiro atoms. The fourth-order valence-electron chi connectivity index (χ4n) is 1.23. The van der Waals surface area contributed by atoms with E-state index in [1.165, 1.54) is 0 Å². The van der Waals surface area contributed by atoms with Crippen LogP contribution in [0.1, 0.15) is 19.8 Å². The fraction of sp³-hybridized carbons (Fsp3) is 1.00. The molecule has 1 atom stereocenters. The standard InChI is InChI=1S/C6H13FN2/c1-6(7)3-2-4-9(8)5-6/h2-5,8H2,1H3/t6-/m0/s1. The van der Waals surface area contributed by atoms with Crippen molar-refractivity contribution in [1.82, 2.24) is 5.01 Å². The SMILES string of the molecule is C[C@]1(F)CCCN(N)C1. The van der Waals surface area contributed by atoms with Crippen LogP contribution in [0.4, 0.5) is 4.39 Å². The van der Waals surface area contributed by atoms with Crippen LogP contribution in [-0.2, 0) is 0 Å². The van der Waals surface area contributed by atoms with Crippen molar-refractivity contribution in [3.8, 4) is 0 Å². The Morgan fingerprint density at radius 3 is 2.67 bits per heavy atom. The molecule has 0 amide bonds. The van der Waals surface area contributed by atoms with Crippen LogP contribution >= 0.6 is 0 Å². The lowest BCUT2D eigenvalue weighted by Gasteiger charge is -2.31. The number of alkyl halides is 1. The lowest BCUT2D eigenvalue weighted by molar-refractivity contribution is 0.0608. The zero-order valence-corrected chi connectivity index (χ0v) is 5.73. The highest BCUT2D eigenvalue weighted by molar-refractivity contribution is 4.80. The second-order valence-corrected chi connectivity index (χ2v) is 2.99. The Balaban J connectivity index is 2.41. The molecular weight excluding hydrogens is 119 g/mol. The predicted octanol–water partition coefficient (Wildman–Crippen LogP) is 0.684. The van der Waals surface area contributed by atoms with Crippen molar-refractivity contribution in [3.05, 3.63) is 0 Å². The molecule has 1 aliphatic rings. The minimum atomic E-state index is -1.05. The van der Waals surface area contributed by atoms with E-state index < -0.39 is 5.67 Å². The Hall–Kier alpha value is -0.150. The largest absolute Gasteiger partial charge is 0.269 e. The monoisotopic (exact) mass is 132 g/mol. The molecule has 0 aromatic carbocycles. The van der Waals surface area contributed by atoms with Gasteiger partial charge in [-0.05, 0) is 19.8 Å². The van der Waals surface area contributed by atoms with Gasteiger partial charge in [0.15, 0.2) is 0 Å². The normalized spacial score (nSPS) is 39.0. The van der Waals surface area contributed by atoms with Crippen molar-refractivity contribution in [1.29, 1.82) is 0 Å². The van der Waals surface area contributed by atoms with E-state index in [4.69, 9.17) is 5.84 Å². The molecule has 2 N–H and O–H groups in total. The Morgan fingerprint density at radius 2 is 2.33 bits per heavy atom. The van der Waals surface area contributed by atoms with E-state index in [9.17, 15) is 4.39 Å². The highest BCUT2D eigenvalue weighted by atomic mass is 19.1. The average molecular weight is 132 g/mol. The van der Waals surface area contributed by atoms with Gasteiger partial charge >= 0.3 is 0 Å². The second kappa shape index (κ2) is 2.23. The van der Waals surface area contributed by atoms with Crippen LogP contribution < -0.4 is 5.84 Å². The molecule has 0 bridgehead atoms. The Kier molecular flexibility index (Phi) is 1.73. The van der Waals surface area contributed by atoms with Crippen LogP contribution in [0.3, 0.4) is 0 Å². The van der Waals surface area contributed by atoms with Gasteiger partial charge in [-0.25, -0.2) is 9.40 Å². The summed E-state index contributed by atoms with van der Waals surface area (Å²) < 4.78 is 13.0. The van der Waals surface area contributed by atoms with Crippen molar-refractivity contribution in [2.75, 3.05) is 13.1 Å². The van der Waals surface area contributed by atoms with E-state index in [0.29, 0.717) is 13.0 Å². The van der Waals surface area contributed by atoms with Gasteiger partial charge in [-0.2, -0.15) is 0 Å². The van der Waals surface area contributed by atoms with E-state index in [0.717, 1.165) is 13.0 Å². The summed E-state index contributed by atoms with van der Waals surface area (Å²) in [7, 11) is 0. The summed E-state index contributed by atoms with van der Waals surface area (Å²) in [6.07, 6.45) is 1.53. The summed E-state index contributed by atoms with van der Waals surface area (Å²) in [4.78, 5) is 0. The van der Waals surface area contributed by atoms with Crippen molar-refractivity contribution in [2.24, 2.45) is 5.84 Å². The van der Waals surface area contributed by atoms with Gasteiger partial charge in [0.05, 0.1) is 0 Å². The summed E-state index contributed by atoms with van der Waals surface area (Å²) in [6.45, 7) is 2.82. The number of hydrogen-bond acceptors (Lipinski definition) is 2. The molecule has 1 heterocycles. The summed E-state index contributed by atoms with van der Waals surface area (Å²) in [5.74, 6) is 5.40. The molecule has 0 unspecified atom stereocenters. The van der Waals surface area contributed by atoms with Crippen LogP contribution in [-0.4, -0.2) is 23.8 Å². The Bertz CT molecular complexity index is 103. The molecule has 0 radical (unpaired) electrons. The molecule has 54 valence electrons. The predicted molar refractivity (Wildman–Crippen MR) is 34.5 cm³/mol. The molecule has 1 saturated heterocycles. The van der Waals surface area contributed by atoms with Crippen molar-refractivity contribution < 1.29 is 4.39 Å². The third-order valence-electron chi connectivity index (χ3n) is 1.68. The van der Waals surface area contributed by atoms with E-state index in [2.05, 4.69) is 0 Å². The van der Waals surface area contributed by atoms with Crippen LogP contribution in [0.15, 0.2) is 0 Å². The van der Waals surface area contributed by atoms with Gasteiger partial charge in [0.25, 0.3) is 0 Å². The summed E-state index contributed by atoms with van der Waals surface area (Å²) in [5, 5.41) is 1.55. The highest BCUT2D eigenvalue weighted by Gasteiger charge is 2.28. The first-order chi connectivity index (χ1) is 4.10. The van der Waals surface area contributed by atoms with Gasteiger partial charge in [-0.1, -0.05) is 0 Å². The van der Waals surface area contributed by atoms with Crippen LogP contribution in [0.5, 0.6) is 0 Å². The van der Waals surface area contributed by atoms with Crippen LogP contribution in [0.25, 0.3) is 0 Å². The maximum atomic E-state index is 13.0. The summed E-state index contributed by atoms with van der Waals surface area (Å²) in [5.41, 5.74) is -1.05. The number of hydrazine groups is 1. The minimum absolute atomic E-state index is 0.382. The van der Waals surface area contributed by atoms with E-state index in [1.54, 1.807) is 11.9 Å². The number of halogens is 1. The number of piperidine rings is 1. The topological polar surface area (TPSA) is 29.3 Å². The number of nitrogens with two attached hydrogens (primary N) is 1. The quantitative estimate of drug-likeness (QED) is 0.491. The van der Waals surface area contributed by atoms with Crippen molar-refractivity contribution >= 4 is 0 Å². The number of rotatable bonds is 0. The number of nitrogens with zero attached hydrogens (tertiary/aromatic N) is 1. The van der Waals surface area contributed by atoms with Crippen LogP contribution in [0, 0.1) is 0 Å². The molecule has 0 aliphatic carbocycles. The Labute approximate surface area is 54.8 Å². The summed E-state index contributed by atoms with van der Waals surface area (Å²) >= 11 is 0. The minimum Gasteiger partial charge on any atom is -0.269 e. The van der Waals surface area contributed by atoms with Gasteiger partial charge in [0.2, 0.25) is 0 Å². The molecule has 0 aromatic rings. The molecule has 1 fully saturated rings. The highest BCUT2D eigenvalue weighted by Crippen LogP contribution is 2.22. The van der Waals surface area contributed by atoms with E-state index in [-0.39, 0.29) is 0 Å². The van der Waals surface area contributed by atoms with E-state index in [1.807, 2.05) is 0 Å². The molecule has 2 nitrogen and oxygen atoms in total. The van der Waals surface area contributed by atoms with Crippen molar-refractivity contribution in [2.45, 2.75) is 25.4 Å².